The van der Waals surface area contributed by atoms with Crippen LogP contribution in [0.5, 0.6) is 0 Å². The van der Waals surface area contributed by atoms with E-state index in [0.717, 1.165) is 30.1 Å². The number of aromatic nitrogens is 3. The van der Waals surface area contributed by atoms with E-state index in [1.54, 1.807) is 0 Å². The Morgan fingerprint density at radius 2 is 1.75 bits per heavy atom. The molecular weight excluding hydrogens is 363 g/mol. The van der Waals surface area contributed by atoms with E-state index in [4.69, 9.17) is 4.84 Å². The maximum absolute atomic E-state index is 10.7. The maximum atomic E-state index is 9.87. The number of rotatable bonds is 1. The minimum atomic E-state index is -10.7. The van der Waals surface area contributed by atoms with Gasteiger partial charge in [0.2, 0.25) is 6.54 Å². The molecule has 13 heteroatoms. The van der Waals surface area contributed by atoms with Gasteiger partial charge in [-0.3, -0.25) is 0 Å². The van der Waals surface area contributed by atoms with Gasteiger partial charge in [0.1, 0.15) is 24.6 Å². The standard InChI is InChI=1S/C11H14N5O.F6P/c1-14-7-8-15(2)11(14)17-16-10-6-4-3-5-9(10)12-13-16;1-7(2,3,4,5)6/h3-6H,7-8H2,1-2H3;/q+1;-1/p+1. The van der Waals surface area contributed by atoms with E-state index in [1.165, 1.54) is 9.75 Å². The summed E-state index contributed by atoms with van der Waals surface area (Å²) >= 11 is 0. The monoisotopic (exact) mass is 378 g/mol. The van der Waals surface area contributed by atoms with Gasteiger partial charge in [0.15, 0.2) is 0 Å². The van der Waals surface area contributed by atoms with Gasteiger partial charge in [-0.25, -0.2) is 9.74 Å². The topological polar surface area (TPSA) is 47.4 Å². The fourth-order valence-electron chi connectivity index (χ4n) is 2.01. The zero-order valence-corrected chi connectivity index (χ0v) is 13.5. The van der Waals surface area contributed by atoms with Crippen molar-refractivity contribution in [2.75, 3.05) is 27.2 Å². The van der Waals surface area contributed by atoms with E-state index in [0.29, 0.717) is 0 Å². The van der Waals surface area contributed by atoms with Gasteiger partial charge in [-0.1, -0.05) is 17.0 Å². The van der Waals surface area contributed by atoms with E-state index in [9.17, 15) is 25.2 Å². The van der Waals surface area contributed by atoms with Crippen LogP contribution >= 0.6 is 7.81 Å². The van der Waals surface area contributed by atoms with E-state index in [2.05, 4.69) is 21.9 Å². The van der Waals surface area contributed by atoms with Crippen LogP contribution in [0, 0.1) is 0 Å². The summed E-state index contributed by atoms with van der Waals surface area (Å²) in [4.78, 5) is 8.53. The summed E-state index contributed by atoms with van der Waals surface area (Å²) in [7, 11) is -6.56. The summed E-state index contributed by atoms with van der Waals surface area (Å²) in [6.45, 7) is 2.03. The SMILES string of the molecule is C[N+]1=C(On2nnc3ccccc32)[NH+](C)CC1.F[P-](F)(F)(F)(F)F. The number of nitrogens with one attached hydrogen (secondary N) is 1. The third-order valence-electron chi connectivity index (χ3n) is 3.03. The number of para-hydroxylation sites is 1. The number of halogens is 6. The van der Waals surface area contributed by atoms with Crippen molar-refractivity contribution in [1.29, 1.82) is 0 Å². The average Bonchev–Trinajstić information content (AvgIpc) is 2.94. The molecule has 1 aliphatic rings. The van der Waals surface area contributed by atoms with Crippen LogP contribution in [-0.2, 0) is 0 Å². The Morgan fingerprint density at radius 1 is 1.17 bits per heavy atom. The zero-order chi connectivity index (χ0) is 18.2. The molecular formula is C11H15F6N5OP+. The molecule has 0 saturated carbocycles. The number of benzene rings is 1. The molecule has 1 aliphatic heterocycles. The first-order valence-electron chi connectivity index (χ1n) is 6.67. The van der Waals surface area contributed by atoms with E-state index in [-0.39, 0.29) is 0 Å². The summed E-state index contributed by atoms with van der Waals surface area (Å²) in [5.41, 5.74) is 1.72. The second kappa shape index (κ2) is 5.28. The second-order valence-corrected chi connectivity index (χ2v) is 7.17. The summed E-state index contributed by atoms with van der Waals surface area (Å²) in [5, 5.41) is 8.07. The van der Waals surface area contributed by atoms with Crippen LogP contribution in [0.1, 0.15) is 0 Å². The predicted molar refractivity (Wildman–Crippen MR) is 75.5 cm³/mol. The van der Waals surface area contributed by atoms with Crippen LogP contribution in [0.25, 0.3) is 11.0 Å². The number of nitrogens with zero attached hydrogens (tertiary/aromatic N) is 4. The van der Waals surface area contributed by atoms with Crippen molar-refractivity contribution >= 4 is 24.9 Å². The number of hydrogen-bond acceptors (Lipinski definition) is 3. The third-order valence-corrected chi connectivity index (χ3v) is 3.03. The quantitative estimate of drug-likeness (QED) is 0.468. The normalized spacial score (nSPS) is 21.1. The molecule has 0 radical (unpaired) electrons. The van der Waals surface area contributed by atoms with Crippen LogP contribution in [-0.4, -0.2) is 52.9 Å². The molecule has 3 rings (SSSR count). The van der Waals surface area contributed by atoms with Gasteiger partial charge in [0, 0.05) is 0 Å². The first kappa shape index (κ1) is 18.4. The van der Waals surface area contributed by atoms with Gasteiger partial charge in [-0.2, -0.15) is 0 Å². The Kier molecular flexibility index (Phi) is 4.05. The summed E-state index contributed by atoms with van der Waals surface area (Å²) in [5.74, 6) is 0. The molecule has 1 N–H and O–H groups in total. The summed E-state index contributed by atoms with van der Waals surface area (Å²) < 4.78 is 61.3. The summed E-state index contributed by atoms with van der Waals surface area (Å²) in [6, 6.07) is 8.63. The molecule has 1 unspecified atom stereocenters. The molecule has 1 atom stereocenters. The van der Waals surface area contributed by atoms with Crippen LogP contribution in [0.3, 0.4) is 0 Å². The molecule has 0 spiro atoms. The van der Waals surface area contributed by atoms with Crippen LogP contribution < -0.4 is 9.74 Å². The fourth-order valence-corrected chi connectivity index (χ4v) is 2.01. The number of amidine groups is 1. The fraction of sp³-hybridized carbons (Fsp3) is 0.364. The Bertz CT molecular complexity index is 775. The van der Waals surface area contributed by atoms with E-state index >= 15 is 0 Å². The predicted octanol–water partition coefficient (Wildman–Crippen LogP) is 1.77. The van der Waals surface area contributed by atoms with Crippen molar-refractivity contribution in [1.82, 2.24) is 15.2 Å². The number of likely N-dealkylation sites (N-methyl/N-ethyl adjacent to an activating group) is 2. The van der Waals surface area contributed by atoms with Crippen molar-refractivity contribution in [2.45, 2.75) is 0 Å². The second-order valence-electron chi connectivity index (χ2n) is 5.26. The van der Waals surface area contributed by atoms with Crippen molar-refractivity contribution in [2.24, 2.45) is 0 Å². The van der Waals surface area contributed by atoms with Crippen LogP contribution in [0.4, 0.5) is 25.2 Å². The van der Waals surface area contributed by atoms with Crippen LogP contribution in [0.2, 0.25) is 0 Å². The molecule has 1 aromatic heterocycles. The first-order chi connectivity index (χ1) is 10.7. The molecule has 0 fully saturated rings. The number of quaternary nitrogens is 1. The Hall–Kier alpha value is -1.94. The molecule has 0 bridgehead atoms. The van der Waals surface area contributed by atoms with E-state index in [1.807, 2.05) is 31.3 Å². The molecule has 1 aromatic carbocycles. The van der Waals surface area contributed by atoms with Gasteiger partial charge >= 0.3 is 39.0 Å². The molecule has 24 heavy (non-hydrogen) atoms. The number of hydrogen-bond donors (Lipinski definition) is 1. The van der Waals surface area contributed by atoms with Crippen molar-refractivity contribution < 1.29 is 39.5 Å². The minimum absolute atomic E-state index is 0.839. The number of fused-ring (bicyclic) bond motifs is 1. The van der Waals surface area contributed by atoms with Crippen molar-refractivity contribution in [3.05, 3.63) is 24.3 Å². The molecule has 0 saturated heterocycles. The first-order valence-corrected chi connectivity index (χ1v) is 8.69. The van der Waals surface area contributed by atoms with Gasteiger partial charge < -0.3 is 0 Å². The molecule has 136 valence electrons. The van der Waals surface area contributed by atoms with Gasteiger partial charge in [-0.15, -0.1) is 9.67 Å². The molecule has 0 aliphatic carbocycles. The van der Waals surface area contributed by atoms with Crippen molar-refractivity contribution in [3.63, 3.8) is 0 Å². The zero-order valence-electron chi connectivity index (χ0n) is 12.6. The van der Waals surface area contributed by atoms with Gasteiger partial charge in [0.25, 0.3) is 0 Å². The Morgan fingerprint density at radius 3 is 2.29 bits per heavy atom. The van der Waals surface area contributed by atoms with E-state index < -0.39 is 7.81 Å². The van der Waals surface area contributed by atoms with Gasteiger partial charge in [0.05, 0.1) is 7.05 Å². The third kappa shape index (κ3) is 5.93. The van der Waals surface area contributed by atoms with Gasteiger partial charge in [-0.05, 0) is 17.3 Å². The molecule has 2 aromatic rings. The molecule has 6 nitrogen and oxygen atoms in total. The average molecular weight is 378 g/mol. The van der Waals surface area contributed by atoms with Crippen molar-refractivity contribution in [3.8, 4) is 0 Å². The molecule has 2 heterocycles. The Balaban J connectivity index is 0.000000256. The molecule has 0 amide bonds. The Labute approximate surface area is 132 Å². The van der Waals surface area contributed by atoms with Crippen LogP contribution in [0.15, 0.2) is 24.3 Å². The summed E-state index contributed by atoms with van der Waals surface area (Å²) in [6.07, 6.45) is 0.